The lowest BCUT2D eigenvalue weighted by atomic mass is 10.0. The van der Waals surface area contributed by atoms with Crippen LogP contribution in [0.5, 0.6) is 0 Å². The van der Waals surface area contributed by atoms with Crippen LogP contribution in [0.4, 0.5) is 16.2 Å². The fraction of sp³-hybridized carbons (Fsp3) is 0.273. The van der Waals surface area contributed by atoms with Gasteiger partial charge in [-0.2, -0.15) is 0 Å². The van der Waals surface area contributed by atoms with Crippen LogP contribution in [0.2, 0.25) is 0 Å². The van der Waals surface area contributed by atoms with Crippen molar-refractivity contribution in [2.45, 2.75) is 32.4 Å². The lowest BCUT2D eigenvalue weighted by Gasteiger charge is -2.39. The van der Waals surface area contributed by atoms with Gasteiger partial charge in [-0.25, -0.2) is 4.79 Å². The summed E-state index contributed by atoms with van der Waals surface area (Å²) < 4.78 is 5.85. The monoisotopic (exact) mass is 377 g/mol. The number of para-hydroxylation sites is 2. The van der Waals surface area contributed by atoms with Crippen LogP contribution in [0, 0.1) is 0 Å². The van der Waals surface area contributed by atoms with E-state index in [2.05, 4.69) is 5.32 Å². The highest BCUT2D eigenvalue weighted by Crippen LogP contribution is 2.37. The molecule has 4 rings (SSSR count). The molecule has 6 heteroatoms. The first-order chi connectivity index (χ1) is 13.6. The topological polar surface area (TPSA) is 61.9 Å². The van der Waals surface area contributed by atoms with Gasteiger partial charge in [-0.1, -0.05) is 43.3 Å². The minimum absolute atomic E-state index is 0.0827. The molecule has 0 spiro atoms. The summed E-state index contributed by atoms with van der Waals surface area (Å²) in [6, 6.07) is 18.0. The molecular formula is C22H23N3O3. The summed E-state index contributed by atoms with van der Waals surface area (Å²) in [6.45, 7) is 4.27. The molecule has 144 valence electrons. The van der Waals surface area contributed by atoms with E-state index in [0.717, 1.165) is 12.1 Å². The largest absolute Gasteiger partial charge is 0.476 e. The molecule has 1 N–H and O–H groups in total. The zero-order valence-corrected chi connectivity index (χ0v) is 16.0. The van der Waals surface area contributed by atoms with Crippen LogP contribution >= 0.6 is 0 Å². The van der Waals surface area contributed by atoms with Gasteiger partial charge in [-0.05, 0) is 37.6 Å². The van der Waals surface area contributed by atoms with Crippen LogP contribution < -0.4 is 10.2 Å². The predicted molar refractivity (Wildman–Crippen MR) is 108 cm³/mol. The van der Waals surface area contributed by atoms with E-state index in [1.54, 1.807) is 9.80 Å². The number of hydrogen-bond donors (Lipinski definition) is 1. The van der Waals surface area contributed by atoms with Crippen molar-refractivity contribution in [2.24, 2.45) is 0 Å². The molecule has 2 heterocycles. The van der Waals surface area contributed by atoms with E-state index in [1.165, 1.54) is 0 Å². The van der Waals surface area contributed by atoms with Crippen molar-refractivity contribution >= 4 is 23.3 Å². The minimum atomic E-state index is -0.458. The predicted octanol–water partition coefficient (Wildman–Crippen LogP) is 3.98. The summed E-state index contributed by atoms with van der Waals surface area (Å²) in [5, 5.41) is 2.93. The molecule has 3 amide bonds. The molecule has 2 aromatic rings. The maximum Gasteiger partial charge on any atom is 0.332 e. The number of hydrogen-bond acceptors (Lipinski definition) is 3. The second-order valence-corrected chi connectivity index (χ2v) is 6.95. The number of benzene rings is 2. The van der Waals surface area contributed by atoms with Crippen molar-refractivity contribution in [1.29, 1.82) is 0 Å². The van der Waals surface area contributed by atoms with Crippen molar-refractivity contribution in [2.75, 3.05) is 16.8 Å². The summed E-state index contributed by atoms with van der Waals surface area (Å²) in [5.41, 5.74) is 1.92. The molecular weight excluding hydrogens is 354 g/mol. The van der Waals surface area contributed by atoms with Gasteiger partial charge in [0.15, 0.2) is 0 Å². The van der Waals surface area contributed by atoms with E-state index >= 15 is 0 Å². The van der Waals surface area contributed by atoms with E-state index in [0.29, 0.717) is 23.8 Å². The number of carbonyl (C=O) groups excluding carboxylic acids is 2. The number of ether oxygens (including phenoxy) is 1. The van der Waals surface area contributed by atoms with Crippen molar-refractivity contribution in [3.05, 3.63) is 72.1 Å². The molecule has 0 saturated carbocycles. The smallest absolute Gasteiger partial charge is 0.332 e. The SMILES string of the molecule is CC[C@@H]1COC2=C(C(=O)Nc3ccccc3)[C@@H](C)N(c3ccccc3)C(=O)N21. The van der Waals surface area contributed by atoms with Gasteiger partial charge in [0, 0.05) is 11.4 Å². The first-order valence-corrected chi connectivity index (χ1v) is 9.52. The third-order valence-corrected chi connectivity index (χ3v) is 5.23. The Kier molecular flexibility index (Phi) is 4.77. The highest BCUT2D eigenvalue weighted by atomic mass is 16.5. The summed E-state index contributed by atoms with van der Waals surface area (Å²) in [5.74, 6) is 0.119. The quantitative estimate of drug-likeness (QED) is 0.877. The van der Waals surface area contributed by atoms with Crippen LogP contribution in [0.25, 0.3) is 0 Å². The molecule has 1 fully saturated rings. The first-order valence-electron chi connectivity index (χ1n) is 9.52. The highest BCUT2D eigenvalue weighted by molar-refractivity contribution is 6.09. The Labute approximate surface area is 164 Å². The Morgan fingerprint density at radius 2 is 1.71 bits per heavy atom. The van der Waals surface area contributed by atoms with E-state index in [1.807, 2.05) is 74.5 Å². The Bertz CT molecular complexity index is 911. The molecule has 0 radical (unpaired) electrons. The van der Waals surface area contributed by atoms with Gasteiger partial charge in [0.25, 0.3) is 5.91 Å². The number of amides is 3. The second kappa shape index (κ2) is 7.38. The number of nitrogens with zero attached hydrogens (tertiary/aromatic N) is 2. The second-order valence-electron chi connectivity index (χ2n) is 6.95. The van der Waals surface area contributed by atoms with Crippen LogP contribution in [0.1, 0.15) is 20.3 Å². The number of rotatable bonds is 4. The average Bonchev–Trinajstić information content (AvgIpc) is 3.14. The van der Waals surface area contributed by atoms with E-state index in [4.69, 9.17) is 4.74 Å². The van der Waals surface area contributed by atoms with Crippen molar-refractivity contribution in [3.8, 4) is 0 Å². The van der Waals surface area contributed by atoms with Crippen LogP contribution in [0.3, 0.4) is 0 Å². The third-order valence-electron chi connectivity index (χ3n) is 5.23. The van der Waals surface area contributed by atoms with Crippen molar-refractivity contribution in [3.63, 3.8) is 0 Å². The van der Waals surface area contributed by atoms with Gasteiger partial charge >= 0.3 is 6.03 Å². The van der Waals surface area contributed by atoms with Gasteiger partial charge in [0.2, 0.25) is 5.88 Å². The molecule has 0 aromatic heterocycles. The van der Waals surface area contributed by atoms with E-state index < -0.39 is 6.04 Å². The number of carbonyl (C=O) groups is 2. The fourth-order valence-corrected chi connectivity index (χ4v) is 3.75. The molecule has 0 unspecified atom stereocenters. The maximum atomic E-state index is 13.3. The molecule has 0 bridgehead atoms. The van der Waals surface area contributed by atoms with Gasteiger partial charge < -0.3 is 10.1 Å². The van der Waals surface area contributed by atoms with Gasteiger partial charge in [0.1, 0.15) is 12.2 Å². The molecule has 1 saturated heterocycles. The maximum absolute atomic E-state index is 13.3. The normalized spacial score (nSPS) is 21.4. The number of anilines is 2. The third kappa shape index (κ3) is 3.01. The molecule has 6 nitrogen and oxygen atoms in total. The summed E-state index contributed by atoms with van der Waals surface area (Å²) in [7, 11) is 0. The fourth-order valence-electron chi connectivity index (χ4n) is 3.75. The van der Waals surface area contributed by atoms with Crippen LogP contribution in [-0.2, 0) is 9.53 Å². The summed E-state index contributed by atoms with van der Waals surface area (Å²) >= 11 is 0. The molecule has 0 aliphatic carbocycles. The lowest BCUT2D eigenvalue weighted by Crippen LogP contribution is -2.55. The number of fused-ring (bicyclic) bond motifs is 1. The van der Waals surface area contributed by atoms with Gasteiger partial charge in [-0.3, -0.25) is 14.6 Å². The van der Waals surface area contributed by atoms with Crippen molar-refractivity contribution in [1.82, 2.24) is 4.90 Å². The first kappa shape index (κ1) is 18.1. The zero-order valence-electron chi connectivity index (χ0n) is 16.0. The summed E-state index contributed by atoms with van der Waals surface area (Å²) in [4.78, 5) is 29.8. The molecule has 28 heavy (non-hydrogen) atoms. The Balaban J connectivity index is 1.76. The van der Waals surface area contributed by atoms with E-state index in [9.17, 15) is 9.59 Å². The van der Waals surface area contributed by atoms with Gasteiger partial charge in [-0.15, -0.1) is 0 Å². The Hall–Kier alpha value is -3.28. The molecule has 2 aliphatic heterocycles. The van der Waals surface area contributed by atoms with Gasteiger partial charge in [0.05, 0.1) is 12.1 Å². The van der Waals surface area contributed by atoms with Crippen LogP contribution in [-0.4, -0.2) is 35.5 Å². The number of urea groups is 1. The molecule has 2 atom stereocenters. The van der Waals surface area contributed by atoms with E-state index in [-0.39, 0.29) is 18.0 Å². The Morgan fingerprint density at radius 3 is 2.36 bits per heavy atom. The number of nitrogens with one attached hydrogen (secondary N) is 1. The van der Waals surface area contributed by atoms with Crippen LogP contribution in [0.15, 0.2) is 72.1 Å². The summed E-state index contributed by atoms with van der Waals surface area (Å²) in [6.07, 6.45) is 0.750. The Morgan fingerprint density at radius 1 is 1.07 bits per heavy atom. The lowest BCUT2D eigenvalue weighted by molar-refractivity contribution is -0.113. The average molecular weight is 377 g/mol. The standard InChI is InChI=1S/C22H23N3O3/c1-3-17-14-28-21-19(20(26)23-16-10-6-4-7-11-16)15(2)24(22(27)25(17)21)18-12-8-5-9-13-18/h4-13,15,17H,3,14H2,1-2H3,(H,23,26)/t15-,17-/m1/s1. The molecule has 2 aromatic carbocycles. The highest BCUT2D eigenvalue weighted by Gasteiger charge is 2.47. The van der Waals surface area contributed by atoms with Crippen molar-refractivity contribution < 1.29 is 14.3 Å². The molecule has 2 aliphatic rings. The zero-order chi connectivity index (χ0) is 19.7. The minimum Gasteiger partial charge on any atom is -0.476 e.